The van der Waals surface area contributed by atoms with Gasteiger partial charge in [-0.05, 0) is 18.3 Å². The van der Waals surface area contributed by atoms with E-state index in [9.17, 15) is 0 Å². The maximum absolute atomic E-state index is 3.90. The first-order valence-electron chi connectivity index (χ1n) is 3.24. The van der Waals surface area contributed by atoms with Gasteiger partial charge in [0.15, 0.2) is 0 Å². The summed E-state index contributed by atoms with van der Waals surface area (Å²) in [5.74, 6) is 0. The minimum absolute atomic E-state index is 0.535. The number of H-pyrrole nitrogens is 1. The highest BCUT2D eigenvalue weighted by Gasteiger charge is 2.05. The van der Waals surface area contributed by atoms with Gasteiger partial charge in [-0.1, -0.05) is 6.92 Å². The van der Waals surface area contributed by atoms with Crippen LogP contribution in [0.15, 0.2) is 12.7 Å². The summed E-state index contributed by atoms with van der Waals surface area (Å²) >= 11 is 0. The standard InChI is InChI=1S/C6H11N3/c1-3-6(2)9-5-7-4-8-9/h4-6H,3H2,1-2H3/p+1. The third-order valence-corrected chi connectivity index (χ3v) is 1.54. The summed E-state index contributed by atoms with van der Waals surface area (Å²) < 4.78 is 1.99. The lowest BCUT2D eigenvalue weighted by atomic mass is 10.3. The molecule has 0 spiro atoms. The minimum atomic E-state index is 0.535. The fourth-order valence-corrected chi connectivity index (χ4v) is 0.676. The molecule has 0 aliphatic rings. The Hall–Kier alpha value is -0.860. The van der Waals surface area contributed by atoms with Gasteiger partial charge in [-0.3, -0.25) is 0 Å². The van der Waals surface area contributed by atoms with Crippen LogP contribution in [0.25, 0.3) is 0 Å². The van der Waals surface area contributed by atoms with Crippen LogP contribution in [-0.4, -0.2) is 10.1 Å². The van der Waals surface area contributed by atoms with E-state index in [1.54, 1.807) is 12.7 Å². The van der Waals surface area contributed by atoms with Crippen LogP contribution in [0.4, 0.5) is 0 Å². The topological polar surface area (TPSA) is 32.6 Å². The molecule has 50 valence electrons. The smallest absolute Gasteiger partial charge is 0.194 e. The zero-order valence-electron chi connectivity index (χ0n) is 5.83. The molecule has 0 aromatic carbocycles. The largest absolute Gasteiger partial charge is 0.306 e. The van der Waals surface area contributed by atoms with Gasteiger partial charge in [-0.25, -0.2) is 0 Å². The van der Waals surface area contributed by atoms with E-state index in [0.717, 1.165) is 6.42 Å². The van der Waals surface area contributed by atoms with Gasteiger partial charge in [-0.15, -0.1) is 0 Å². The molecular weight excluding hydrogens is 114 g/mol. The summed E-state index contributed by atoms with van der Waals surface area (Å²) in [6.45, 7) is 4.30. The van der Waals surface area contributed by atoms with Crippen molar-refractivity contribution in [3.63, 3.8) is 0 Å². The van der Waals surface area contributed by atoms with Crippen LogP contribution in [0.2, 0.25) is 0 Å². The van der Waals surface area contributed by atoms with Crippen molar-refractivity contribution in [3.8, 4) is 0 Å². The second-order valence-corrected chi connectivity index (χ2v) is 2.19. The predicted octanol–water partition coefficient (Wildman–Crippen LogP) is 0.668. The van der Waals surface area contributed by atoms with Crippen molar-refractivity contribution >= 4 is 0 Å². The average molecular weight is 126 g/mol. The Bertz CT molecular complexity index is 157. The van der Waals surface area contributed by atoms with E-state index in [0.29, 0.717) is 6.04 Å². The van der Waals surface area contributed by atoms with Gasteiger partial charge in [0.2, 0.25) is 6.33 Å². The van der Waals surface area contributed by atoms with Gasteiger partial charge in [0, 0.05) is 0 Å². The maximum atomic E-state index is 3.90. The molecule has 0 radical (unpaired) electrons. The van der Waals surface area contributed by atoms with Crippen molar-refractivity contribution in [1.82, 2.24) is 10.1 Å². The fraction of sp³-hybridized carbons (Fsp3) is 0.667. The highest BCUT2D eigenvalue weighted by atomic mass is 15.3. The molecule has 1 atom stereocenters. The van der Waals surface area contributed by atoms with Crippen molar-refractivity contribution < 1.29 is 4.68 Å². The second kappa shape index (κ2) is 2.62. The van der Waals surface area contributed by atoms with E-state index in [1.807, 2.05) is 4.68 Å². The third kappa shape index (κ3) is 1.28. The van der Waals surface area contributed by atoms with Crippen molar-refractivity contribution in [2.24, 2.45) is 0 Å². The number of nitrogens with one attached hydrogen (secondary N) is 1. The molecule has 1 rings (SSSR count). The average Bonchev–Trinajstić information content (AvgIpc) is 2.37. The highest BCUT2D eigenvalue weighted by Crippen LogP contribution is 1.95. The maximum Gasteiger partial charge on any atom is 0.306 e. The normalized spacial score (nSPS) is 13.6. The van der Waals surface area contributed by atoms with Gasteiger partial charge in [-0.2, -0.15) is 9.78 Å². The molecule has 0 aliphatic carbocycles. The van der Waals surface area contributed by atoms with Gasteiger partial charge in [0.1, 0.15) is 6.04 Å². The predicted molar refractivity (Wildman–Crippen MR) is 33.8 cm³/mol. The van der Waals surface area contributed by atoms with Gasteiger partial charge in [0.05, 0.1) is 0 Å². The number of hydrogen-bond donors (Lipinski definition) is 1. The molecule has 1 N–H and O–H groups in total. The van der Waals surface area contributed by atoms with Crippen LogP contribution >= 0.6 is 0 Å². The number of rotatable bonds is 2. The molecule has 1 heterocycles. The SMILES string of the molecule is CCC(C)[n+]1cnc[nH]1. The number of aromatic nitrogens is 3. The van der Waals surface area contributed by atoms with Crippen molar-refractivity contribution in [3.05, 3.63) is 12.7 Å². The van der Waals surface area contributed by atoms with E-state index < -0.39 is 0 Å². The molecule has 0 aliphatic heterocycles. The summed E-state index contributed by atoms with van der Waals surface area (Å²) in [7, 11) is 0. The summed E-state index contributed by atoms with van der Waals surface area (Å²) in [4.78, 5) is 3.90. The molecule has 1 aromatic rings. The summed E-state index contributed by atoms with van der Waals surface area (Å²) in [5.41, 5.74) is 0. The lowest BCUT2D eigenvalue weighted by molar-refractivity contribution is -0.772. The Balaban J connectivity index is 2.65. The lowest BCUT2D eigenvalue weighted by Crippen LogP contribution is -2.38. The van der Waals surface area contributed by atoms with E-state index in [4.69, 9.17) is 0 Å². The summed E-state index contributed by atoms with van der Waals surface area (Å²) in [6.07, 6.45) is 4.62. The molecule has 9 heavy (non-hydrogen) atoms. The van der Waals surface area contributed by atoms with E-state index in [1.165, 1.54) is 0 Å². The summed E-state index contributed by atoms with van der Waals surface area (Å²) in [6, 6.07) is 0.535. The monoisotopic (exact) mass is 126 g/mol. The van der Waals surface area contributed by atoms with Gasteiger partial charge >= 0.3 is 6.33 Å². The zero-order chi connectivity index (χ0) is 6.69. The van der Waals surface area contributed by atoms with Crippen LogP contribution in [0.5, 0.6) is 0 Å². The van der Waals surface area contributed by atoms with Crippen molar-refractivity contribution in [1.29, 1.82) is 0 Å². The molecule has 0 fully saturated rings. The first-order valence-corrected chi connectivity index (χ1v) is 3.24. The quantitative estimate of drug-likeness (QED) is 0.580. The first kappa shape index (κ1) is 6.26. The molecule has 1 aromatic heterocycles. The fourth-order valence-electron chi connectivity index (χ4n) is 0.676. The molecule has 0 amide bonds. The van der Waals surface area contributed by atoms with Crippen LogP contribution in [0.3, 0.4) is 0 Å². The molecule has 0 saturated carbocycles. The third-order valence-electron chi connectivity index (χ3n) is 1.54. The summed E-state index contributed by atoms with van der Waals surface area (Å²) in [5, 5.41) is 2.99. The Morgan fingerprint density at radius 1 is 1.78 bits per heavy atom. The molecule has 0 bridgehead atoms. The van der Waals surface area contributed by atoms with Crippen LogP contribution in [-0.2, 0) is 0 Å². The molecule has 1 unspecified atom stereocenters. The van der Waals surface area contributed by atoms with E-state index in [2.05, 4.69) is 23.9 Å². The Kier molecular flexibility index (Phi) is 1.82. The molecule has 3 heteroatoms. The molecule has 3 nitrogen and oxygen atoms in total. The van der Waals surface area contributed by atoms with Crippen LogP contribution < -0.4 is 4.68 Å². The zero-order valence-corrected chi connectivity index (χ0v) is 5.83. The van der Waals surface area contributed by atoms with Crippen molar-refractivity contribution in [2.75, 3.05) is 0 Å². The lowest BCUT2D eigenvalue weighted by Gasteiger charge is -1.99. The highest BCUT2D eigenvalue weighted by molar-refractivity contribution is 4.40. The Morgan fingerprint density at radius 3 is 3.00 bits per heavy atom. The molecule has 0 saturated heterocycles. The van der Waals surface area contributed by atoms with Crippen LogP contribution in [0, 0.1) is 0 Å². The second-order valence-electron chi connectivity index (χ2n) is 2.19. The number of aromatic amines is 1. The van der Waals surface area contributed by atoms with Gasteiger partial charge in [0.25, 0.3) is 0 Å². The Morgan fingerprint density at radius 2 is 2.56 bits per heavy atom. The number of nitrogens with zero attached hydrogens (tertiary/aromatic N) is 2. The van der Waals surface area contributed by atoms with Gasteiger partial charge < -0.3 is 0 Å². The van der Waals surface area contributed by atoms with E-state index >= 15 is 0 Å². The van der Waals surface area contributed by atoms with E-state index in [-0.39, 0.29) is 0 Å². The minimum Gasteiger partial charge on any atom is -0.194 e. The van der Waals surface area contributed by atoms with Crippen LogP contribution in [0.1, 0.15) is 26.3 Å². The first-order chi connectivity index (χ1) is 4.34. The Labute approximate surface area is 54.7 Å². The van der Waals surface area contributed by atoms with Crippen molar-refractivity contribution in [2.45, 2.75) is 26.3 Å². The number of hydrogen-bond acceptors (Lipinski definition) is 1. The molecular formula is C6H12N3+.